The van der Waals surface area contributed by atoms with Crippen LogP contribution in [0.3, 0.4) is 0 Å². The highest BCUT2D eigenvalue weighted by molar-refractivity contribution is 5.46. The maximum absolute atomic E-state index is 10.2. The van der Waals surface area contributed by atoms with Gasteiger partial charge >= 0.3 is 0 Å². The lowest BCUT2D eigenvalue weighted by Crippen LogP contribution is -2.57. The summed E-state index contributed by atoms with van der Waals surface area (Å²) in [4.78, 5) is 15.0. The van der Waals surface area contributed by atoms with E-state index in [1.807, 2.05) is 0 Å². The minimum absolute atomic E-state index is 0.0716. The summed E-state index contributed by atoms with van der Waals surface area (Å²) in [7, 11) is 2.15. The molecule has 1 N–H and O–H groups in total. The average molecular weight is 199 g/mol. The van der Waals surface area contributed by atoms with Gasteiger partial charge in [-0.25, -0.2) is 0 Å². The Balaban J connectivity index is 2.42. The van der Waals surface area contributed by atoms with E-state index in [1.165, 1.54) is 0 Å². The molecule has 1 saturated heterocycles. The molecule has 0 radical (unpaired) electrons. The topological polar surface area (TPSA) is 35.6 Å². The second-order valence-electron chi connectivity index (χ2n) is 4.60. The van der Waals surface area contributed by atoms with Crippen LogP contribution in [0.4, 0.5) is 0 Å². The van der Waals surface area contributed by atoms with Gasteiger partial charge < -0.3 is 10.2 Å². The van der Waals surface area contributed by atoms with Gasteiger partial charge in [-0.2, -0.15) is 0 Å². The van der Waals surface area contributed by atoms with Crippen molar-refractivity contribution in [1.82, 2.24) is 15.1 Å². The molecule has 1 fully saturated rings. The van der Waals surface area contributed by atoms with Crippen molar-refractivity contribution >= 4 is 6.41 Å². The van der Waals surface area contributed by atoms with Gasteiger partial charge in [-0.15, -0.1) is 0 Å². The third-order valence-corrected chi connectivity index (χ3v) is 2.98. The standard InChI is InChI=1S/C10H21N3O/c1-10(2,8-11-9-14)13-6-4-12(3)5-7-13/h9H,4-8H2,1-3H3,(H,11,14). The first-order valence-corrected chi connectivity index (χ1v) is 5.17. The van der Waals surface area contributed by atoms with Crippen LogP contribution in [0.25, 0.3) is 0 Å². The monoisotopic (exact) mass is 199 g/mol. The maximum atomic E-state index is 10.2. The van der Waals surface area contributed by atoms with Crippen molar-refractivity contribution in [2.45, 2.75) is 19.4 Å². The van der Waals surface area contributed by atoms with Crippen LogP contribution < -0.4 is 5.32 Å². The molecule has 1 heterocycles. The first-order chi connectivity index (χ1) is 6.56. The molecule has 82 valence electrons. The van der Waals surface area contributed by atoms with E-state index in [-0.39, 0.29) is 5.54 Å². The minimum atomic E-state index is 0.0716. The van der Waals surface area contributed by atoms with Crippen molar-refractivity contribution < 1.29 is 4.79 Å². The van der Waals surface area contributed by atoms with Crippen LogP contribution in [-0.4, -0.2) is 61.5 Å². The van der Waals surface area contributed by atoms with Crippen LogP contribution in [-0.2, 0) is 4.79 Å². The van der Waals surface area contributed by atoms with E-state index in [0.717, 1.165) is 39.1 Å². The van der Waals surface area contributed by atoms with E-state index in [1.54, 1.807) is 0 Å². The van der Waals surface area contributed by atoms with Gasteiger partial charge in [-0.3, -0.25) is 9.69 Å². The summed E-state index contributed by atoms with van der Waals surface area (Å²) in [6.07, 6.45) is 0.776. The fourth-order valence-electron chi connectivity index (χ4n) is 1.82. The number of rotatable bonds is 4. The Hall–Kier alpha value is -0.610. The highest BCUT2D eigenvalue weighted by atomic mass is 16.1. The van der Waals surface area contributed by atoms with E-state index in [0.29, 0.717) is 0 Å². The van der Waals surface area contributed by atoms with Crippen molar-refractivity contribution in [2.24, 2.45) is 0 Å². The zero-order chi connectivity index (χ0) is 10.6. The zero-order valence-electron chi connectivity index (χ0n) is 9.42. The van der Waals surface area contributed by atoms with Crippen molar-refractivity contribution in [3.05, 3.63) is 0 Å². The van der Waals surface area contributed by atoms with Crippen molar-refractivity contribution in [1.29, 1.82) is 0 Å². The Bertz CT molecular complexity index is 186. The number of amides is 1. The molecule has 1 aliphatic rings. The largest absolute Gasteiger partial charge is 0.357 e. The Kier molecular flexibility index (Phi) is 3.89. The predicted molar refractivity (Wildman–Crippen MR) is 57.2 cm³/mol. The summed E-state index contributed by atoms with van der Waals surface area (Å²) in [5.74, 6) is 0. The average Bonchev–Trinajstić information content (AvgIpc) is 2.16. The molecule has 0 aromatic carbocycles. The third-order valence-electron chi connectivity index (χ3n) is 2.98. The maximum Gasteiger partial charge on any atom is 0.207 e. The van der Waals surface area contributed by atoms with E-state index < -0.39 is 0 Å². The predicted octanol–water partition coefficient (Wildman–Crippen LogP) is -0.242. The Labute approximate surface area is 86.2 Å². The molecule has 4 heteroatoms. The van der Waals surface area contributed by atoms with Gasteiger partial charge in [0.15, 0.2) is 0 Å². The number of hydrogen-bond donors (Lipinski definition) is 1. The molecule has 1 aliphatic heterocycles. The quantitative estimate of drug-likeness (QED) is 0.635. The number of likely N-dealkylation sites (N-methyl/N-ethyl adjacent to an activating group) is 1. The Morgan fingerprint density at radius 1 is 1.29 bits per heavy atom. The van der Waals surface area contributed by atoms with Crippen LogP contribution in [0.2, 0.25) is 0 Å². The molecule has 0 unspecified atom stereocenters. The van der Waals surface area contributed by atoms with E-state index in [9.17, 15) is 4.79 Å². The first kappa shape index (κ1) is 11.5. The van der Waals surface area contributed by atoms with Crippen molar-refractivity contribution in [3.8, 4) is 0 Å². The minimum Gasteiger partial charge on any atom is -0.357 e. The zero-order valence-corrected chi connectivity index (χ0v) is 9.42. The fourth-order valence-corrected chi connectivity index (χ4v) is 1.82. The summed E-state index contributed by atoms with van der Waals surface area (Å²) in [5, 5.41) is 2.76. The van der Waals surface area contributed by atoms with Gasteiger partial charge in [-0.1, -0.05) is 0 Å². The fraction of sp³-hybridized carbons (Fsp3) is 0.900. The number of carbonyl (C=O) groups excluding carboxylic acids is 1. The summed E-state index contributed by atoms with van der Waals surface area (Å²) in [6, 6.07) is 0. The first-order valence-electron chi connectivity index (χ1n) is 5.17. The summed E-state index contributed by atoms with van der Waals surface area (Å²) in [5.41, 5.74) is 0.0716. The highest BCUT2D eigenvalue weighted by Gasteiger charge is 2.28. The number of carbonyl (C=O) groups is 1. The molecule has 0 bridgehead atoms. The van der Waals surface area contributed by atoms with Gasteiger partial charge in [-0.05, 0) is 20.9 Å². The molecule has 0 aromatic heterocycles. The highest BCUT2D eigenvalue weighted by Crippen LogP contribution is 2.15. The SMILES string of the molecule is CN1CCN(C(C)(C)CNC=O)CC1. The molecule has 0 spiro atoms. The second-order valence-corrected chi connectivity index (χ2v) is 4.60. The molecular formula is C10H21N3O. The lowest BCUT2D eigenvalue weighted by molar-refractivity contribution is -0.110. The smallest absolute Gasteiger partial charge is 0.207 e. The molecule has 1 rings (SSSR count). The number of hydrogen-bond acceptors (Lipinski definition) is 3. The van der Waals surface area contributed by atoms with Crippen molar-refractivity contribution in [3.63, 3.8) is 0 Å². The number of piperazine rings is 1. The molecule has 0 saturated carbocycles. The second kappa shape index (κ2) is 4.75. The summed E-state index contributed by atoms with van der Waals surface area (Å²) in [6.45, 7) is 9.48. The third kappa shape index (κ3) is 2.96. The normalized spacial score (nSPS) is 20.8. The van der Waals surface area contributed by atoms with E-state index in [2.05, 4.69) is 36.0 Å². The van der Waals surface area contributed by atoms with Crippen LogP contribution in [0.15, 0.2) is 0 Å². The van der Waals surface area contributed by atoms with Crippen LogP contribution in [0.1, 0.15) is 13.8 Å². The molecule has 0 aromatic rings. The lowest BCUT2D eigenvalue weighted by Gasteiger charge is -2.43. The van der Waals surface area contributed by atoms with Crippen LogP contribution >= 0.6 is 0 Å². The number of nitrogens with zero attached hydrogens (tertiary/aromatic N) is 2. The van der Waals surface area contributed by atoms with Gasteiger partial charge in [0.1, 0.15) is 0 Å². The lowest BCUT2D eigenvalue weighted by atomic mass is 10.0. The number of nitrogens with one attached hydrogen (secondary N) is 1. The van der Waals surface area contributed by atoms with Gasteiger partial charge in [0.2, 0.25) is 6.41 Å². The Morgan fingerprint density at radius 2 is 1.86 bits per heavy atom. The van der Waals surface area contributed by atoms with Crippen molar-refractivity contribution in [2.75, 3.05) is 39.8 Å². The molecule has 0 aliphatic carbocycles. The van der Waals surface area contributed by atoms with Gasteiger partial charge in [0.25, 0.3) is 0 Å². The molecule has 14 heavy (non-hydrogen) atoms. The molecule has 4 nitrogen and oxygen atoms in total. The summed E-state index contributed by atoms with van der Waals surface area (Å²) >= 11 is 0. The van der Waals surface area contributed by atoms with Gasteiger partial charge in [0.05, 0.1) is 0 Å². The molecule has 0 atom stereocenters. The van der Waals surface area contributed by atoms with E-state index in [4.69, 9.17) is 0 Å². The van der Waals surface area contributed by atoms with Crippen LogP contribution in [0.5, 0.6) is 0 Å². The van der Waals surface area contributed by atoms with Crippen LogP contribution in [0, 0.1) is 0 Å². The van der Waals surface area contributed by atoms with E-state index >= 15 is 0 Å². The molecular weight excluding hydrogens is 178 g/mol. The van der Waals surface area contributed by atoms with Gasteiger partial charge in [0, 0.05) is 38.3 Å². The molecule has 1 amide bonds. The Morgan fingerprint density at radius 3 is 2.36 bits per heavy atom. The summed E-state index contributed by atoms with van der Waals surface area (Å²) < 4.78 is 0.